The smallest absolute Gasteiger partial charge is 0.229 e. The molecule has 1 saturated heterocycles. The summed E-state index contributed by atoms with van der Waals surface area (Å²) in [7, 11) is 0. The minimum absolute atomic E-state index is 0.128. The molecule has 2 atom stereocenters. The van der Waals surface area contributed by atoms with Gasteiger partial charge in [-0.25, -0.2) is 0 Å². The molecule has 17 heavy (non-hydrogen) atoms. The first-order chi connectivity index (χ1) is 7.93. The number of unbranched alkanes of at least 4 members (excludes halogenated alkanes) is 1. The Hall–Kier alpha value is -0.240. The average molecular weight is 258 g/mol. The van der Waals surface area contributed by atoms with Gasteiger partial charge in [0.1, 0.15) is 0 Å². The van der Waals surface area contributed by atoms with E-state index in [0.717, 1.165) is 32.4 Å². The molecule has 3 heteroatoms. The van der Waals surface area contributed by atoms with Crippen molar-refractivity contribution in [2.24, 2.45) is 16.7 Å². The molecule has 0 radical (unpaired) electrons. The molecule has 1 aliphatic carbocycles. The minimum Gasteiger partial charge on any atom is -0.342 e. The molecule has 0 N–H and O–H groups in total. The Kier molecular flexibility index (Phi) is 3.46. The summed E-state index contributed by atoms with van der Waals surface area (Å²) in [5.41, 5.74) is 0.0456. The van der Waals surface area contributed by atoms with Gasteiger partial charge < -0.3 is 4.90 Å². The van der Waals surface area contributed by atoms with Crippen LogP contribution in [-0.2, 0) is 4.79 Å². The van der Waals surface area contributed by atoms with Crippen LogP contribution in [0.2, 0.25) is 0 Å². The van der Waals surface area contributed by atoms with Crippen molar-refractivity contribution in [3.05, 3.63) is 0 Å². The number of hydrogen-bond donors (Lipinski definition) is 0. The van der Waals surface area contributed by atoms with Crippen molar-refractivity contribution in [1.29, 1.82) is 0 Å². The predicted molar refractivity (Wildman–Crippen MR) is 71.1 cm³/mol. The number of rotatable bonds is 4. The zero-order valence-corrected chi connectivity index (χ0v) is 12.0. The number of carbonyl (C=O) groups excluding carboxylic acids is 1. The molecule has 1 aliphatic heterocycles. The first-order valence-electron chi connectivity index (χ1n) is 6.79. The Morgan fingerprint density at radius 1 is 1.35 bits per heavy atom. The molecule has 98 valence electrons. The van der Waals surface area contributed by atoms with E-state index in [1.807, 2.05) is 0 Å². The third kappa shape index (κ3) is 1.89. The van der Waals surface area contributed by atoms with Crippen molar-refractivity contribution >= 4 is 17.5 Å². The Labute approximate surface area is 110 Å². The van der Waals surface area contributed by atoms with Crippen LogP contribution >= 0.6 is 11.6 Å². The molecular formula is C14H24ClNO. The highest BCUT2D eigenvalue weighted by Crippen LogP contribution is 2.59. The largest absolute Gasteiger partial charge is 0.342 e. The van der Waals surface area contributed by atoms with Crippen LogP contribution in [-0.4, -0.2) is 29.8 Å². The number of hydrogen-bond acceptors (Lipinski definition) is 1. The van der Waals surface area contributed by atoms with Gasteiger partial charge in [-0.05, 0) is 37.0 Å². The van der Waals surface area contributed by atoms with Gasteiger partial charge in [-0.15, -0.1) is 11.6 Å². The van der Waals surface area contributed by atoms with Crippen molar-refractivity contribution in [3.63, 3.8) is 0 Å². The summed E-state index contributed by atoms with van der Waals surface area (Å²) in [5, 5.41) is 0. The fraction of sp³-hybridized carbons (Fsp3) is 0.929. The molecular weight excluding hydrogens is 234 g/mol. The number of nitrogens with zero attached hydrogens (tertiary/aromatic N) is 1. The summed E-state index contributed by atoms with van der Waals surface area (Å²) in [6.45, 7) is 8.58. The number of halogens is 1. The average Bonchev–Trinajstić information content (AvgIpc) is 2.43. The number of alkyl halides is 1. The van der Waals surface area contributed by atoms with Crippen LogP contribution in [0.25, 0.3) is 0 Å². The van der Waals surface area contributed by atoms with Crippen molar-refractivity contribution in [1.82, 2.24) is 4.90 Å². The maximum atomic E-state index is 12.6. The first-order valence-corrected chi connectivity index (χ1v) is 7.32. The van der Waals surface area contributed by atoms with Gasteiger partial charge in [0.25, 0.3) is 0 Å². The van der Waals surface area contributed by atoms with Crippen LogP contribution in [0.4, 0.5) is 0 Å². The number of piperidine rings is 1. The van der Waals surface area contributed by atoms with Gasteiger partial charge in [-0.3, -0.25) is 4.79 Å². The van der Waals surface area contributed by atoms with Crippen LogP contribution in [0.3, 0.4) is 0 Å². The lowest BCUT2D eigenvalue weighted by molar-refractivity contribution is -0.155. The van der Waals surface area contributed by atoms with E-state index in [1.165, 1.54) is 6.42 Å². The fourth-order valence-electron chi connectivity index (χ4n) is 3.59. The van der Waals surface area contributed by atoms with Crippen LogP contribution in [0.5, 0.6) is 0 Å². The predicted octanol–water partition coefficient (Wildman–Crippen LogP) is 3.29. The van der Waals surface area contributed by atoms with Gasteiger partial charge in [-0.1, -0.05) is 20.8 Å². The van der Waals surface area contributed by atoms with E-state index in [1.54, 1.807) is 0 Å². The second kappa shape index (κ2) is 4.46. The van der Waals surface area contributed by atoms with Gasteiger partial charge in [0.2, 0.25) is 5.91 Å². The normalized spacial score (nSPS) is 35.4. The second-order valence-electron chi connectivity index (χ2n) is 6.44. The van der Waals surface area contributed by atoms with E-state index >= 15 is 0 Å². The van der Waals surface area contributed by atoms with Crippen LogP contribution in [0, 0.1) is 16.7 Å². The molecule has 2 aliphatic rings. The first kappa shape index (κ1) is 13.2. The van der Waals surface area contributed by atoms with Gasteiger partial charge >= 0.3 is 0 Å². The number of amides is 1. The standard InChI is InChI=1S/C14H24ClNO/c1-13(2)11-6-7-14(13,3)12(17)16(10-11)9-5-4-8-15/h11H,4-10H2,1-3H3/t11?,14-/m1/s1. The summed E-state index contributed by atoms with van der Waals surface area (Å²) in [5.74, 6) is 1.76. The van der Waals surface area contributed by atoms with Crippen LogP contribution in [0.15, 0.2) is 0 Å². The maximum Gasteiger partial charge on any atom is 0.229 e. The van der Waals surface area contributed by atoms with Crippen molar-refractivity contribution < 1.29 is 4.79 Å². The summed E-state index contributed by atoms with van der Waals surface area (Å²) in [6, 6.07) is 0. The Morgan fingerprint density at radius 2 is 2.06 bits per heavy atom. The molecule has 1 amide bonds. The lowest BCUT2D eigenvalue weighted by Crippen LogP contribution is -2.56. The van der Waals surface area contributed by atoms with Gasteiger partial charge in [0, 0.05) is 19.0 Å². The van der Waals surface area contributed by atoms with E-state index in [0.29, 0.717) is 17.7 Å². The van der Waals surface area contributed by atoms with E-state index in [2.05, 4.69) is 25.7 Å². The SMILES string of the molecule is CC1(C)C2CC[C@]1(C)C(=O)N(CCCCCl)C2. The van der Waals surface area contributed by atoms with Crippen molar-refractivity contribution in [2.45, 2.75) is 46.5 Å². The van der Waals surface area contributed by atoms with Crippen LogP contribution < -0.4 is 0 Å². The summed E-state index contributed by atoms with van der Waals surface area (Å²) < 4.78 is 0. The highest BCUT2D eigenvalue weighted by atomic mass is 35.5. The highest BCUT2D eigenvalue weighted by Gasteiger charge is 2.60. The van der Waals surface area contributed by atoms with E-state index in [4.69, 9.17) is 11.6 Å². The Bertz CT molecular complexity index is 315. The molecule has 1 saturated carbocycles. The van der Waals surface area contributed by atoms with Crippen LogP contribution in [0.1, 0.15) is 46.5 Å². The molecule has 1 heterocycles. The topological polar surface area (TPSA) is 20.3 Å². The maximum absolute atomic E-state index is 12.6. The molecule has 0 aromatic carbocycles. The zero-order chi connectivity index (χ0) is 12.7. The minimum atomic E-state index is -0.128. The number of fused-ring (bicyclic) bond motifs is 2. The molecule has 2 bridgehead atoms. The van der Waals surface area contributed by atoms with E-state index in [-0.39, 0.29) is 10.8 Å². The quantitative estimate of drug-likeness (QED) is 0.559. The summed E-state index contributed by atoms with van der Waals surface area (Å²) in [6.07, 6.45) is 4.32. The number of likely N-dealkylation sites (tertiary alicyclic amines) is 1. The lowest BCUT2D eigenvalue weighted by Gasteiger charge is -2.49. The van der Waals surface area contributed by atoms with Gasteiger partial charge in [-0.2, -0.15) is 0 Å². The monoisotopic (exact) mass is 257 g/mol. The fourth-order valence-corrected chi connectivity index (χ4v) is 3.78. The molecule has 0 aromatic rings. The van der Waals surface area contributed by atoms with Crippen molar-refractivity contribution in [3.8, 4) is 0 Å². The summed E-state index contributed by atoms with van der Waals surface area (Å²) >= 11 is 5.69. The third-order valence-corrected chi connectivity index (χ3v) is 5.71. The van der Waals surface area contributed by atoms with E-state index < -0.39 is 0 Å². The molecule has 0 aromatic heterocycles. The van der Waals surface area contributed by atoms with Gasteiger partial charge in [0.05, 0.1) is 5.41 Å². The molecule has 2 nitrogen and oxygen atoms in total. The third-order valence-electron chi connectivity index (χ3n) is 5.45. The second-order valence-corrected chi connectivity index (χ2v) is 6.81. The number of carbonyl (C=O) groups is 1. The highest BCUT2D eigenvalue weighted by molar-refractivity contribution is 6.17. The summed E-state index contributed by atoms with van der Waals surface area (Å²) in [4.78, 5) is 14.7. The molecule has 2 fully saturated rings. The van der Waals surface area contributed by atoms with Crippen molar-refractivity contribution in [2.75, 3.05) is 19.0 Å². The molecule has 2 rings (SSSR count). The molecule has 1 unspecified atom stereocenters. The lowest BCUT2D eigenvalue weighted by atomic mass is 9.62. The zero-order valence-electron chi connectivity index (χ0n) is 11.3. The Morgan fingerprint density at radius 3 is 2.71 bits per heavy atom. The van der Waals surface area contributed by atoms with Gasteiger partial charge in [0.15, 0.2) is 0 Å². The van der Waals surface area contributed by atoms with E-state index in [9.17, 15) is 4.79 Å². The Balaban J connectivity index is 2.09. The molecule has 0 spiro atoms.